The van der Waals surface area contributed by atoms with Gasteiger partial charge in [0.2, 0.25) is 0 Å². The lowest BCUT2D eigenvalue weighted by atomic mass is 10.2. The summed E-state index contributed by atoms with van der Waals surface area (Å²) in [7, 11) is 0. The van der Waals surface area contributed by atoms with E-state index < -0.39 is 5.97 Å². The monoisotopic (exact) mass is 187 g/mol. The molecule has 0 aromatic heterocycles. The summed E-state index contributed by atoms with van der Waals surface area (Å²) < 4.78 is 0. The third kappa shape index (κ3) is 6.58. The first-order valence-corrected chi connectivity index (χ1v) is 5.10. The number of carbonyl (C=O) groups is 1. The fraction of sp³-hybridized carbons (Fsp3) is 0.900. The second kappa shape index (κ2) is 6.89. The lowest BCUT2D eigenvalue weighted by Crippen LogP contribution is -3.13. The van der Waals surface area contributed by atoms with Gasteiger partial charge in [0.15, 0.2) is 0 Å². The first-order chi connectivity index (χ1) is 6.07. The Morgan fingerprint density at radius 2 is 2.15 bits per heavy atom. The van der Waals surface area contributed by atoms with Crippen LogP contribution in [0.3, 0.4) is 0 Å². The molecule has 0 aromatic rings. The molecule has 1 N–H and O–H groups in total. The molecule has 13 heavy (non-hydrogen) atoms. The molecule has 1 heterocycles. The van der Waals surface area contributed by atoms with Crippen molar-refractivity contribution in [1.82, 2.24) is 0 Å². The highest BCUT2D eigenvalue weighted by molar-refractivity contribution is 5.60. The number of likely N-dealkylation sites (tertiary alicyclic amines) is 1. The van der Waals surface area contributed by atoms with E-state index >= 15 is 0 Å². The summed E-state index contributed by atoms with van der Waals surface area (Å²) in [6, 6.07) is 0.949. The second-order valence-electron chi connectivity index (χ2n) is 3.69. The predicted molar refractivity (Wildman–Crippen MR) is 50.4 cm³/mol. The molecule has 3 heteroatoms. The topological polar surface area (TPSA) is 44.6 Å². The Bertz CT molecular complexity index is 144. The number of aliphatic carboxylic acids is 1. The van der Waals surface area contributed by atoms with Gasteiger partial charge in [-0.25, -0.2) is 0 Å². The lowest BCUT2D eigenvalue weighted by molar-refractivity contribution is -0.910. The number of nitrogens with one attached hydrogen (secondary N) is 1. The number of carboxylic acid groups (broad SMARTS) is 1. The van der Waals surface area contributed by atoms with Crippen molar-refractivity contribution in [3.8, 4) is 0 Å². The van der Waals surface area contributed by atoms with E-state index in [4.69, 9.17) is 9.90 Å². The Hall–Kier alpha value is -0.570. The number of rotatable bonds is 2. The van der Waals surface area contributed by atoms with Gasteiger partial charge >= 0.3 is 0 Å². The number of carbonyl (C=O) groups excluding carboxylic acids is 1. The summed E-state index contributed by atoms with van der Waals surface area (Å²) in [4.78, 5) is 10.7. The molecule has 1 rings (SSSR count). The van der Waals surface area contributed by atoms with Crippen molar-refractivity contribution < 1.29 is 14.8 Å². The van der Waals surface area contributed by atoms with Crippen LogP contribution >= 0.6 is 0 Å². The summed E-state index contributed by atoms with van der Waals surface area (Å²) in [6.45, 7) is 8.44. The van der Waals surface area contributed by atoms with E-state index in [-0.39, 0.29) is 0 Å². The van der Waals surface area contributed by atoms with Crippen LogP contribution in [-0.4, -0.2) is 25.1 Å². The molecule has 2 atom stereocenters. The van der Waals surface area contributed by atoms with Crippen molar-refractivity contribution in [3.63, 3.8) is 0 Å². The zero-order chi connectivity index (χ0) is 10.3. The Kier molecular flexibility index (Phi) is 6.59. The Balaban J connectivity index is 0.000000310. The van der Waals surface area contributed by atoms with E-state index in [9.17, 15) is 0 Å². The highest BCUT2D eigenvalue weighted by Gasteiger charge is 2.22. The van der Waals surface area contributed by atoms with Gasteiger partial charge in [-0.2, -0.15) is 0 Å². The van der Waals surface area contributed by atoms with E-state index in [1.165, 1.54) is 32.4 Å². The van der Waals surface area contributed by atoms with Crippen LogP contribution in [0.1, 0.15) is 40.0 Å². The molecule has 2 unspecified atom stereocenters. The van der Waals surface area contributed by atoms with Crippen LogP contribution in [0, 0.1) is 0 Å². The van der Waals surface area contributed by atoms with Gasteiger partial charge in [0, 0.05) is 18.8 Å². The minimum absolute atomic E-state index is 0.949. The highest BCUT2D eigenvalue weighted by Crippen LogP contribution is 1.97. The maximum atomic E-state index is 8.89. The molecule has 0 aliphatic carbocycles. The van der Waals surface area contributed by atoms with Gasteiger partial charge in [-0.3, -0.25) is 0 Å². The fourth-order valence-electron chi connectivity index (χ4n) is 1.78. The Morgan fingerprint density at radius 1 is 1.62 bits per heavy atom. The molecule has 1 fully saturated rings. The van der Waals surface area contributed by atoms with Crippen molar-refractivity contribution in [3.05, 3.63) is 0 Å². The highest BCUT2D eigenvalue weighted by atomic mass is 16.4. The van der Waals surface area contributed by atoms with Crippen molar-refractivity contribution >= 4 is 5.97 Å². The zero-order valence-electron chi connectivity index (χ0n) is 8.93. The predicted octanol–water partition coefficient (Wildman–Crippen LogP) is -0.780. The summed E-state index contributed by atoms with van der Waals surface area (Å²) in [5.74, 6) is -1.08. The molecule has 0 amide bonds. The first-order valence-electron chi connectivity index (χ1n) is 5.10. The maximum absolute atomic E-state index is 8.89. The van der Waals surface area contributed by atoms with Crippen molar-refractivity contribution in [2.45, 2.75) is 46.1 Å². The SMILES string of the molecule is CC(=O)[O-].CCC[NH+]1CCCC1C. The van der Waals surface area contributed by atoms with E-state index in [1.54, 1.807) is 0 Å². The molecule has 0 spiro atoms. The number of hydrogen-bond donors (Lipinski definition) is 1. The van der Waals surface area contributed by atoms with Crippen LogP contribution < -0.4 is 10.0 Å². The van der Waals surface area contributed by atoms with E-state index in [0.29, 0.717) is 0 Å². The molecule has 3 nitrogen and oxygen atoms in total. The normalized spacial score (nSPS) is 26.4. The number of carboxylic acids is 1. The van der Waals surface area contributed by atoms with E-state index in [0.717, 1.165) is 13.0 Å². The summed E-state index contributed by atoms with van der Waals surface area (Å²) >= 11 is 0. The zero-order valence-corrected chi connectivity index (χ0v) is 8.93. The molecule has 0 aromatic carbocycles. The van der Waals surface area contributed by atoms with Crippen LogP contribution in [0.25, 0.3) is 0 Å². The molecule has 1 saturated heterocycles. The maximum Gasteiger partial charge on any atom is 0.0848 e. The molecular formula is C10H21NO2. The largest absolute Gasteiger partial charge is 0.550 e. The Labute approximate surface area is 80.7 Å². The van der Waals surface area contributed by atoms with Gasteiger partial charge < -0.3 is 14.8 Å². The molecule has 0 bridgehead atoms. The van der Waals surface area contributed by atoms with Crippen LogP contribution in [0.4, 0.5) is 0 Å². The minimum atomic E-state index is -1.08. The molecule has 0 saturated carbocycles. The van der Waals surface area contributed by atoms with Crippen LogP contribution in [0.2, 0.25) is 0 Å². The summed E-state index contributed by atoms with van der Waals surface area (Å²) in [5, 5.41) is 8.89. The lowest BCUT2D eigenvalue weighted by Gasteiger charge is -2.16. The quantitative estimate of drug-likeness (QED) is 0.616. The average Bonchev–Trinajstić information content (AvgIpc) is 2.36. The van der Waals surface area contributed by atoms with Gasteiger partial charge in [0.05, 0.1) is 19.1 Å². The van der Waals surface area contributed by atoms with Gasteiger partial charge in [-0.15, -0.1) is 0 Å². The molecular weight excluding hydrogens is 166 g/mol. The number of quaternary nitrogens is 1. The van der Waals surface area contributed by atoms with Gasteiger partial charge in [-0.05, 0) is 20.3 Å². The van der Waals surface area contributed by atoms with Crippen molar-refractivity contribution in [1.29, 1.82) is 0 Å². The van der Waals surface area contributed by atoms with Gasteiger partial charge in [0.1, 0.15) is 0 Å². The second-order valence-corrected chi connectivity index (χ2v) is 3.69. The first kappa shape index (κ1) is 12.4. The third-order valence-corrected chi connectivity index (χ3v) is 2.40. The summed E-state index contributed by atoms with van der Waals surface area (Å²) in [5.41, 5.74) is 0. The van der Waals surface area contributed by atoms with Gasteiger partial charge in [0.25, 0.3) is 0 Å². The standard InChI is InChI=1S/C8H17N.C2H4O2/c1-3-6-9-7-4-5-8(9)2;1-2(3)4/h8H,3-7H2,1-2H3;1H3,(H,3,4). The minimum Gasteiger partial charge on any atom is -0.550 e. The van der Waals surface area contributed by atoms with E-state index in [1.807, 2.05) is 4.90 Å². The van der Waals surface area contributed by atoms with E-state index in [2.05, 4.69) is 13.8 Å². The molecule has 1 aliphatic rings. The average molecular weight is 187 g/mol. The van der Waals surface area contributed by atoms with Crippen LogP contribution in [0.5, 0.6) is 0 Å². The van der Waals surface area contributed by atoms with Crippen LogP contribution in [-0.2, 0) is 4.79 Å². The molecule has 1 aliphatic heterocycles. The Morgan fingerprint density at radius 3 is 2.46 bits per heavy atom. The fourth-order valence-corrected chi connectivity index (χ4v) is 1.78. The van der Waals surface area contributed by atoms with Crippen molar-refractivity contribution in [2.24, 2.45) is 0 Å². The summed E-state index contributed by atoms with van der Waals surface area (Å²) in [6.07, 6.45) is 4.26. The van der Waals surface area contributed by atoms with Crippen molar-refractivity contribution in [2.75, 3.05) is 13.1 Å². The smallest absolute Gasteiger partial charge is 0.0848 e. The van der Waals surface area contributed by atoms with Crippen LogP contribution in [0.15, 0.2) is 0 Å². The molecule has 78 valence electrons. The third-order valence-electron chi connectivity index (χ3n) is 2.40. The number of hydrogen-bond acceptors (Lipinski definition) is 2. The molecule has 0 radical (unpaired) electrons. The van der Waals surface area contributed by atoms with Gasteiger partial charge in [-0.1, -0.05) is 6.92 Å².